The highest BCUT2D eigenvalue weighted by Crippen LogP contribution is 2.04. The number of sulfonamides is 1. The highest BCUT2D eigenvalue weighted by Gasteiger charge is 2.04. The average molecular weight is 249 g/mol. The largest absolute Gasteiger partial charge is 0.408 e. The van der Waals surface area contributed by atoms with Gasteiger partial charge in [0.2, 0.25) is 15.9 Å². The van der Waals surface area contributed by atoms with Gasteiger partial charge in [-0.25, -0.2) is 13.1 Å². The number of nitrogens with two attached hydrogens (primary N) is 1. The minimum atomic E-state index is -3.16. The lowest BCUT2D eigenvalue weighted by Crippen LogP contribution is -2.27. The van der Waals surface area contributed by atoms with Crippen molar-refractivity contribution in [2.75, 3.05) is 31.2 Å². The fraction of sp³-hybridized carbons (Fsp3) is 0.714. The maximum Gasteiger partial charge on any atom is 0.315 e. The molecule has 1 aromatic heterocycles. The molecule has 0 aromatic carbocycles. The van der Waals surface area contributed by atoms with Gasteiger partial charge in [0, 0.05) is 26.1 Å². The second-order valence-corrected chi connectivity index (χ2v) is 4.97. The zero-order valence-corrected chi connectivity index (χ0v) is 9.75. The highest BCUT2D eigenvalue weighted by molar-refractivity contribution is 7.88. The van der Waals surface area contributed by atoms with Crippen LogP contribution in [-0.4, -0.2) is 44.5 Å². The smallest absolute Gasteiger partial charge is 0.315 e. The Kier molecular flexibility index (Phi) is 4.65. The van der Waals surface area contributed by atoms with Gasteiger partial charge in [0.1, 0.15) is 0 Å². The number of anilines is 1. The summed E-state index contributed by atoms with van der Waals surface area (Å²) in [7, 11) is -3.16. The first-order valence-electron chi connectivity index (χ1n) is 4.72. The molecule has 0 bridgehead atoms. The normalized spacial score (nSPS) is 11.6. The fourth-order valence-electron chi connectivity index (χ4n) is 0.955. The first kappa shape index (κ1) is 12.9. The monoisotopic (exact) mass is 249 g/mol. The van der Waals surface area contributed by atoms with Crippen molar-refractivity contribution < 1.29 is 12.8 Å². The molecule has 0 fully saturated rings. The summed E-state index contributed by atoms with van der Waals surface area (Å²) in [5.41, 5.74) is 5.31. The van der Waals surface area contributed by atoms with Crippen LogP contribution in [0.2, 0.25) is 0 Å². The average Bonchev–Trinajstić information content (AvgIpc) is 2.60. The molecule has 0 atom stereocenters. The first-order chi connectivity index (χ1) is 7.51. The van der Waals surface area contributed by atoms with E-state index in [1.54, 1.807) is 0 Å². The fourth-order valence-corrected chi connectivity index (χ4v) is 1.43. The molecule has 1 heterocycles. The number of aromatic nitrogens is 2. The van der Waals surface area contributed by atoms with E-state index in [9.17, 15) is 8.42 Å². The van der Waals surface area contributed by atoms with E-state index in [2.05, 4.69) is 20.2 Å². The van der Waals surface area contributed by atoms with Crippen LogP contribution in [0.15, 0.2) is 4.42 Å². The van der Waals surface area contributed by atoms with Gasteiger partial charge in [-0.05, 0) is 0 Å². The summed E-state index contributed by atoms with van der Waals surface area (Å²) < 4.78 is 28.9. The number of nitrogens with zero attached hydrogens (tertiary/aromatic N) is 2. The second kappa shape index (κ2) is 5.77. The molecule has 1 aromatic rings. The van der Waals surface area contributed by atoms with Gasteiger partial charge in [-0.3, -0.25) is 0 Å². The van der Waals surface area contributed by atoms with Gasteiger partial charge in [0.05, 0.1) is 6.26 Å². The molecule has 0 aliphatic heterocycles. The molecule has 0 spiro atoms. The van der Waals surface area contributed by atoms with Crippen molar-refractivity contribution in [3.63, 3.8) is 0 Å². The van der Waals surface area contributed by atoms with Crippen LogP contribution in [0.3, 0.4) is 0 Å². The van der Waals surface area contributed by atoms with Crippen LogP contribution in [-0.2, 0) is 16.4 Å². The van der Waals surface area contributed by atoms with Crippen molar-refractivity contribution in [3.8, 4) is 0 Å². The molecule has 16 heavy (non-hydrogen) atoms. The first-order valence-corrected chi connectivity index (χ1v) is 6.61. The number of hydrogen-bond donors (Lipinski definition) is 3. The van der Waals surface area contributed by atoms with Crippen LogP contribution in [0.4, 0.5) is 6.01 Å². The van der Waals surface area contributed by atoms with Crippen LogP contribution < -0.4 is 15.8 Å². The molecule has 0 amide bonds. The Balaban J connectivity index is 2.26. The molecule has 0 aliphatic rings. The molecule has 0 unspecified atom stereocenters. The third-order valence-electron chi connectivity index (χ3n) is 1.59. The van der Waals surface area contributed by atoms with E-state index in [-0.39, 0.29) is 12.6 Å². The zero-order valence-electron chi connectivity index (χ0n) is 8.93. The lowest BCUT2D eigenvalue weighted by molar-refractivity contribution is 0.505. The maximum atomic E-state index is 10.7. The molecule has 1 rings (SSSR count). The van der Waals surface area contributed by atoms with E-state index >= 15 is 0 Å². The molecule has 4 N–H and O–H groups in total. The summed E-state index contributed by atoms with van der Waals surface area (Å²) >= 11 is 0. The van der Waals surface area contributed by atoms with Crippen molar-refractivity contribution >= 4 is 16.0 Å². The van der Waals surface area contributed by atoms with Gasteiger partial charge in [-0.15, -0.1) is 5.10 Å². The van der Waals surface area contributed by atoms with E-state index in [0.717, 1.165) is 6.26 Å². The molecular weight excluding hydrogens is 234 g/mol. The Bertz CT molecular complexity index is 415. The molecule has 92 valence electrons. The lowest BCUT2D eigenvalue weighted by atomic mass is 10.4. The number of rotatable bonds is 7. The summed E-state index contributed by atoms with van der Waals surface area (Å²) in [4.78, 5) is 0. The topological polar surface area (TPSA) is 123 Å². The van der Waals surface area contributed by atoms with Crippen LogP contribution in [0, 0.1) is 0 Å². The second-order valence-electron chi connectivity index (χ2n) is 3.13. The molecule has 0 aliphatic carbocycles. The van der Waals surface area contributed by atoms with Crippen molar-refractivity contribution in [3.05, 3.63) is 5.89 Å². The Morgan fingerprint density at radius 2 is 2.12 bits per heavy atom. The minimum absolute atomic E-state index is 0.257. The Hall–Kier alpha value is -1.19. The summed E-state index contributed by atoms with van der Waals surface area (Å²) in [6.45, 7) is 1.07. The predicted molar refractivity (Wildman–Crippen MR) is 58.4 cm³/mol. The van der Waals surface area contributed by atoms with E-state index < -0.39 is 10.0 Å². The van der Waals surface area contributed by atoms with Gasteiger partial charge in [-0.2, -0.15) is 0 Å². The SMILES string of the molecule is CS(=O)(=O)NCCNc1nnc(CCN)o1. The summed E-state index contributed by atoms with van der Waals surface area (Å²) in [6, 6.07) is 0.263. The third kappa shape index (κ3) is 5.05. The lowest BCUT2D eigenvalue weighted by Gasteiger charge is -2.01. The van der Waals surface area contributed by atoms with Gasteiger partial charge in [-0.1, -0.05) is 5.10 Å². The van der Waals surface area contributed by atoms with Crippen LogP contribution in [0.1, 0.15) is 5.89 Å². The molecule has 0 radical (unpaired) electrons. The summed E-state index contributed by atoms with van der Waals surface area (Å²) in [5.74, 6) is 0.459. The maximum absolute atomic E-state index is 10.7. The van der Waals surface area contributed by atoms with Gasteiger partial charge >= 0.3 is 6.01 Å². The Morgan fingerprint density at radius 3 is 2.75 bits per heavy atom. The van der Waals surface area contributed by atoms with Crippen molar-refractivity contribution in [1.82, 2.24) is 14.9 Å². The van der Waals surface area contributed by atoms with Crippen molar-refractivity contribution in [2.45, 2.75) is 6.42 Å². The molecular formula is C7H15N5O3S. The number of nitrogens with one attached hydrogen (secondary N) is 2. The molecule has 0 saturated carbocycles. The van der Waals surface area contributed by atoms with Crippen LogP contribution in [0.25, 0.3) is 0 Å². The molecule has 8 nitrogen and oxygen atoms in total. The molecule has 9 heteroatoms. The van der Waals surface area contributed by atoms with E-state index in [0.29, 0.717) is 25.4 Å². The standard InChI is InChI=1S/C7H15N5O3S/c1-16(13,14)10-5-4-9-7-12-11-6(15-7)2-3-8/h10H,2-5,8H2,1H3,(H,9,12). The van der Waals surface area contributed by atoms with E-state index in [4.69, 9.17) is 10.2 Å². The van der Waals surface area contributed by atoms with Gasteiger partial charge in [0.15, 0.2) is 0 Å². The Labute approximate surface area is 93.7 Å². The van der Waals surface area contributed by atoms with Gasteiger partial charge in [0.25, 0.3) is 0 Å². The predicted octanol–water partition coefficient (Wildman–Crippen LogP) is -1.47. The van der Waals surface area contributed by atoms with Crippen LogP contribution >= 0.6 is 0 Å². The van der Waals surface area contributed by atoms with Crippen molar-refractivity contribution in [1.29, 1.82) is 0 Å². The third-order valence-corrected chi connectivity index (χ3v) is 2.32. The molecule has 0 saturated heterocycles. The Morgan fingerprint density at radius 1 is 1.38 bits per heavy atom. The zero-order chi connectivity index (χ0) is 12.0. The van der Waals surface area contributed by atoms with Crippen molar-refractivity contribution in [2.24, 2.45) is 5.73 Å². The quantitative estimate of drug-likeness (QED) is 0.504. The van der Waals surface area contributed by atoms with Gasteiger partial charge < -0.3 is 15.5 Å². The summed E-state index contributed by atoms with van der Waals surface area (Å²) in [5, 5.41) is 10.2. The minimum Gasteiger partial charge on any atom is -0.408 e. The van der Waals surface area contributed by atoms with E-state index in [1.807, 2.05) is 0 Å². The number of hydrogen-bond acceptors (Lipinski definition) is 7. The van der Waals surface area contributed by atoms with Crippen LogP contribution in [0.5, 0.6) is 0 Å². The summed E-state index contributed by atoms with van der Waals surface area (Å²) in [6.07, 6.45) is 1.62. The highest BCUT2D eigenvalue weighted by atomic mass is 32.2. The van der Waals surface area contributed by atoms with E-state index in [1.165, 1.54) is 0 Å².